The Balaban J connectivity index is 2.22. The maximum absolute atomic E-state index is 12.0. The van der Waals surface area contributed by atoms with Gasteiger partial charge in [-0.25, -0.2) is 0 Å². The highest BCUT2D eigenvalue weighted by atomic mass is 79.9. The molecular formula is C13H8Br2ClNO2. The van der Waals surface area contributed by atoms with E-state index < -0.39 is 0 Å². The molecule has 0 saturated carbocycles. The predicted molar refractivity (Wildman–Crippen MR) is 82.9 cm³/mol. The lowest BCUT2D eigenvalue weighted by atomic mass is 10.2. The maximum atomic E-state index is 12.0. The van der Waals surface area contributed by atoms with Gasteiger partial charge in [0.05, 0.1) is 8.95 Å². The molecule has 0 radical (unpaired) electrons. The number of benzene rings is 2. The van der Waals surface area contributed by atoms with Crippen molar-refractivity contribution >= 4 is 55.1 Å². The highest BCUT2D eigenvalue weighted by molar-refractivity contribution is 9.11. The average molecular weight is 405 g/mol. The number of hydrogen-bond donors (Lipinski definition) is 2. The van der Waals surface area contributed by atoms with Crippen molar-refractivity contribution in [3.05, 3.63) is 55.9 Å². The molecule has 0 saturated heterocycles. The fourth-order valence-electron chi connectivity index (χ4n) is 1.44. The molecule has 0 fully saturated rings. The number of halogens is 3. The third-order valence-electron chi connectivity index (χ3n) is 2.38. The van der Waals surface area contributed by atoms with E-state index in [4.69, 9.17) is 11.6 Å². The Labute approximate surface area is 131 Å². The largest absolute Gasteiger partial charge is 0.506 e. The first kappa shape index (κ1) is 14.4. The number of carbonyl (C=O) groups excluding carboxylic acids is 1. The summed E-state index contributed by atoms with van der Waals surface area (Å²) in [5, 5.41) is 12.9. The van der Waals surface area contributed by atoms with Crippen molar-refractivity contribution < 1.29 is 9.90 Å². The summed E-state index contributed by atoms with van der Waals surface area (Å²) in [6.07, 6.45) is 0. The lowest BCUT2D eigenvalue weighted by Crippen LogP contribution is -2.11. The first-order valence-electron chi connectivity index (χ1n) is 5.22. The second kappa shape index (κ2) is 5.94. The van der Waals surface area contributed by atoms with E-state index in [2.05, 4.69) is 37.2 Å². The molecule has 0 aliphatic rings. The molecule has 0 aromatic heterocycles. The minimum absolute atomic E-state index is 0.0875. The Morgan fingerprint density at radius 2 is 1.63 bits per heavy atom. The van der Waals surface area contributed by atoms with Crippen molar-refractivity contribution in [3.8, 4) is 5.75 Å². The van der Waals surface area contributed by atoms with Gasteiger partial charge >= 0.3 is 0 Å². The van der Waals surface area contributed by atoms with E-state index in [1.54, 1.807) is 36.4 Å². The highest BCUT2D eigenvalue weighted by Gasteiger charge is 2.10. The van der Waals surface area contributed by atoms with Crippen LogP contribution in [0.5, 0.6) is 5.75 Å². The fraction of sp³-hybridized carbons (Fsp3) is 0. The Bertz CT molecular complexity index is 606. The van der Waals surface area contributed by atoms with E-state index in [9.17, 15) is 9.90 Å². The van der Waals surface area contributed by atoms with Crippen molar-refractivity contribution in [2.75, 3.05) is 5.32 Å². The van der Waals surface area contributed by atoms with E-state index in [1.165, 1.54) is 0 Å². The van der Waals surface area contributed by atoms with Crippen LogP contribution in [0.2, 0.25) is 5.02 Å². The van der Waals surface area contributed by atoms with Crippen LogP contribution >= 0.6 is 43.5 Å². The molecule has 19 heavy (non-hydrogen) atoms. The van der Waals surface area contributed by atoms with Crippen LogP contribution in [0.3, 0.4) is 0 Å². The Hall–Kier alpha value is -1.04. The highest BCUT2D eigenvalue weighted by Crippen LogP contribution is 2.35. The normalized spacial score (nSPS) is 10.3. The number of hydrogen-bond acceptors (Lipinski definition) is 2. The number of nitrogens with one attached hydrogen (secondary N) is 1. The minimum atomic E-state index is -0.249. The van der Waals surface area contributed by atoms with Crippen molar-refractivity contribution in [1.29, 1.82) is 0 Å². The van der Waals surface area contributed by atoms with Gasteiger partial charge in [-0.05, 0) is 68.3 Å². The molecule has 98 valence electrons. The van der Waals surface area contributed by atoms with Gasteiger partial charge in [0.2, 0.25) is 0 Å². The van der Waals surface area contributed by atoms with Gasteiger partial charge in [0.15, 0.2) is 0 Å². The molecule has 0 aliphatic heterocycles. The van der Waals surface area contributed by atoms with Crippen LogP contribution in [0.15, 0.2) is 45.3 Å². The molecule has 3 nitrogen and oxygen atoms in total. The number of aromatic hydroxyl groups is 1. The molecule has 0 unspecified atom stereocenters. The van der Waals surface area contributed by atoms with Gasteiger partial charge in [-0.15, -0.1) is 0 Å². The van der Waals surface area contributed by atoms with E-state index in [-0.39, 0.29) is 11.7 Å². The van der Waals surface area contributed by atoms with Gasteiger partial charge in [0.25, 0.3) is 5.91 Å². The van der Waals surface area contributed by atoms with Gasteiger partial charge in [-0.1, -0.05) is 11.6 Å². The van der Waals surface area contributed by atoms with Crippen molar-refractivity contribution in [3.63, 3.8) is 0 Å². The minimum Gasteiger partial charge on any atom is -0.506 e. The summed E-state index contributed by atoms with van der Waals surface area (Å²) in [6, 6.07) is 9.82. The second-order valence-electron chi connectivity index (χ2n) is 3.75. The third kappa shape index (κ3) is 3.49. The predicted octanol–water partition coefficient (Wildman–Crippen LogP) is 4.82. The van der Waals surface area contributed by atoms with Crippen LogP contribution in [0, 0.1) is 0 Å². The van der Waals surface area contributed by atoms with E-state index in [0.717, 1.165) is 0 Å². The maximum Gasteiger partial charge on any atom is 0.255 e. The summed E-state index contributed by atoms with van der Waals surface area (Å²) in [4.78, 5) is 12.0. The molecule has 0 atom stereocenters. The van der Waals surface area contributed by atoms with Crippen molar-refractivity contribution in [2.45, 2.75) is 0 Å². The van der Waals surface area contributed by atoms with Crippen LogP contribution in [0.4, 0.5) is 5.69 Å². The van der Waals surface area contributed by atoms with Crippen molar-refractivity contribution in [2.24, 2.45) is 0 Å². The van der Waals surface area contributed by atoms with Crippen LogP contribution in [-0.2, 0) is 0 Å². The monoisotopic (exact) mass is 403 g/mol. The van der Waals surface area contributed by atoms with Crippen LogP contribution in [-0.4, -0.2) is 11.0 Å². The Morgan fingerprint density at radius 3 is 2.16 bits per heavy atom. The standard InChI is InChI=1S/C13H8Br2ClNO2/c14-10-5-9(6-11(15)12(10)18)17-13(19)7-1-3-8(16)4-2-7/h1-6,18H,(H,17,19). The number of phenols is 1. The zero-order chi connectivity index (χ0) is 14.0. The number of amides is 1. The van der Waals surface area contributed by atoms with E-state index in [0.29, 0.717) is 25.2 Å². The van der Waals surface area contributed by atoms with Crippen molar-refractivity contribution in [1.82, 2.24) is 0 Å². The third-order valence-corrected chi connectivity index (χ3v) is 3.84. The summed E-state index contributed by atoms with van der Waals surface area (Å²) in [5.41, 5.74) is 1.07. The molecule has 2 aromatic carbocycles. The molecule has 1 amide bonds. The molecule has 0 spiro atoms. The fourth-order valence-corrected chi connectivity index (χ4v) is 2.75. The molecule has 2 rings (SSSR count). The molecule has 2 aromatic rings. The topological polar surface area (TPSA) is 49.3 Å². The summed E-state index contributed by atoms with van der Waals surface area (Å²) in [6.45, 7) is 0. The number of phenolic OH excluding ortho intramolecular Hbond substituents is 1. The van der Waals surface area contributed by atoms with Crippen LogP contribution < -0.4 is 5.32 Å². The molecule has 0 aliphatic carbocycles. The lowest BCUT2D eigenvalue weighted by Gasteiger charge is -2.08. The zero-order valence-corrected chi connectivity index (χ0v) is 13.4. The number of carbonyl (C=O) groups is 1. The van der Waals surface area contributed by atoms with Gasteiger partial charge in [-0.2, -0.15) is 0 Å². The summed E-state index contributed by atoms with van der Waals surface area (Å²) in [7, 11) is 0. The first-order chi connectivity index (χ1) is 8.97. The molecular weight excluding hydrogens is 397 g/mol. The Morgan fingerprint density at radius 1 is 1.11 bits per heavy atom. The smallest absolute Gasteiger partial charge is 0.255 e. The van der Waals surface area contributed by atoms with Gasteiger partial charge < -0.3 is 10.4 Å². The first-order valence-corrected chi connectivity index (χ1v) is 7.18. The number of rotatable bonds is 2. The SMILES string of the molecule is O=C(Nc1cc(Br)c(O)c(Br)c1)c1ccc(Cl)cc1. The zero-order valence-electron chi connectivity index (χ0n) is 9.45. The lowest BCUT2D eigenvalue weighted by molar-refractivity contribution is 0.102. The average Bonchev–Trinajstić information content (AvgIpc) is 2.36. The van der Waals surface area contributed by atoms with E-state index >= 15 is 0 Å². The molecule has 2 N–H and O–H groups in total. The van der Waals surface area contributed by atoms with Gasteiger partial charge in [0.1, 0.15) is 5.75 Å². The molecule has 0 heterocycles. The quantitative estimate of drug-likeness (QED) is 0.704. The number of anilines is 1. The van der Waals surface area contributed by atoms with Crippen LogP contribution in [0.1, 0.15) is 10.4 Å². The Kier molecular flexibility index (Phi) is 4.50. The van der Waals surface area contributed by atoms with Gasteiger partial charge in [-0.3, -0.25) is 4.79 Å². The second-order valence-corrected chi connectivity index (χ2v) is 5.89. The van der Waals surface area contributed by atoms with Gasteiger partial charge in [0, 0.05) is 16.3 Å². The van der Waals surface area contributed by atoms with Crippen LogP contribution in [0.25, 0.3) is 0 Å². The summed E-state index contributed by atoms with van der Waals surface area (Å²) < 4.78 is 0.988. The van der Waals surface area contributed by atoms with E-state index in [1.807, 2.05) is 0 Å². The molecule has 6 heteroatoms. The molecule has 0 bridgehead atoms. The summed E-state index contributed by atoms with van der Waals surface area (Å²) in [5.74, 6) is -0.161. The summed E-state index contributed by atoms with van der Waals surface area (Å²) >= 11 is 12.2.